The molecule has 1 fully saturated rings. The van der Waals surface area contributed by atoms with Crippen LogP contribution in [-0.2, 0) is 0 Å². The fourth-order valence-electron chi connectivity index (χ4n) is 3.31. The zero-order valence-electron chi connectivity index (χ0n) is 12.6. The Balaban J connectivity index is 2.07. The molecule has 1 aliphatic carbocycles. The maximum absolute atomic E-state index is 12.7. The van der Waals surface area contributed by atoms with Gasteiger partial charge in [0, 0.05) is 0 Å². The lowest BCUT2D eigenvalue weighted by Gasteiger charge is -2.45. The standard InChI is InChI=1S/C15H19F2N5O/c16-12(17)23-11-7-3-2-6-10(11)22-14(19)20-13(18)21-15(22)8-4-1-5-9-15/h2-3,6-7,12H,1,4-5,8-9H2,(H4,18,19,20,21). The molecule has 23 heavy (non-hydrogen) atoms. The first-order valence-electron chi connectivity index (χ1n) is 7.55. The van der Waals surface area contributed by atoms with Gasteiger partial charge in [-0.2, -0.15) is 13.8 Å². The van der Waals surface area contributed by atoms with Crippen LogP contribution in [0, 0.1) is 0 Å². The number of nitrogens with two attached hydrogens (primary N) is 2. The maximum atomic E-state index is 12.7. The predicted molar refractivity (Wildman–Crippen MR) is 84.6 cm³/mol. The Bertz CT molecular complexity index is 641. The van der Waals surface area contributed by atoms with Crippen LogP contribution in [0.15, 0.2) is 34.3 Å². The highest BCUT2D eigenvalue weighted by molar-refractivity contribution is 6.06. The van der Waals surface area contributed by atoms with Crippen molar-refractivity contribution in [3.63, 3.8) is 0 Å². The number of para-hydroxylation sites is 2. The fraction of sp³-hybridized carbons (Fsp3) is 0.467. The molecule has 3 rings (SSSR count). The minimum Gasteiger partial charge on any atom is -0.433 e. The van der Waals surface area contributed by atoms with Gasteiger partial charge >= 0.3 is 6.61 Å². The summed E-state index contributed by atoms with van der Waals surface area (Å²) < 4.78 is 30.1. The van der Waals surface area contributed by atoms with Gasteiger partial charge in [-0.25, -0.2) is 4.99 Å². The number of alkyl halides is 2. The van der Waals surface area contributed by atoms with Gasteiger partial charge in [-0.1, -0.05) is 18.6 Å². The first-order valence-corrected chi connectivity index (χ1v) is 7.55. The van der Waals surface area contributed by atoms with Crippen LogP contribution in [0.3, 0.4) is 0 Å². The number of hydrogen-bond donors (Lipinski definition) is 2. The van der Waals surface area contributed by atoms with Crippen molar-refractivity contribution in [1.82, 2.24) is 0 Å². The molecule has 0 amide bonds. The summed E-state index contributed by atoms with van der Waals surface area (Å²) in [5.74, 6) is 0.305. The van der Waals surface area contributed by atoms with Crippen LogP contribution >= 0.6 is 0 Å². The van der Waals surface area contributed by atoms with Crippen LogP contribution in [0.2, 0.25) is 0 Å². The molecule has 1 saturated carbocycles. The monoisotopic (exact) mass is 323 g/mol. The molecule has 0 bridgehead atoms. The topological polar surface area (TPSA) is 89.2 Å². The highest BCUT2D eigenvalue weighted by Crippen LogP contribution is 2.42. The van der Waals surface area contributed by atoms with Gasteiger partial charge in [0.25, 0.3) is 0 Å². The summed E-state index contributed by atoms with van der Waals surface area (Å²) in [5, 5.41) is 0. The molecule has 0 atom stereocenters. The van der Waals surface area contributed by atoms with Crippen LogP contribution in [0.25, 0.3) is 0 Å². The van der Waals surface area contributed by atoms with Crippen molar-refractivity contribution in [3.05, 3.63) is 24.3 Å². The van der Waals surface area contributed by atoms with Gasteiger partial charge in [0.05, 0.1) is 5.69 Å². The third-order valence-corrected chi connectivity index (χ3v) is 4.17. The molecular formula is C15H19F2N5O. The zero-order valence-corrected chi connectivity index (χ0v) is 12.6. The summed E-state index contributed by atoms with van der Waals surface area (Å²) in [6.07, 6.45) is 4.47. The molecule has 4 N–H and O–H groups in total. The van der Waals surface area contributed by atoms with Crippen molar-refractivity contribution in [3.8, 4) is 5.75 Å². The van der Waals surface area contributed by atoms with E-state index in [9.17, 15) is 8.78 Å². The SMILES string of the molecule is NC1=NC2(CCCCC2)N(c2ccccc2OC(F)F)C(N)=N1. The van der Waals surface area contributed by atoms with Crippen LogP contribution in [-0.4, -0.2) is 24.2 Å². The van der Waals surface area contributed by atoms with Crippen molar-refractivity contribution in [1.29, 1.82) is 0 Å². The van der Waals surface area contributed by atoms with Crippen LogP contribution in [0.4, 0.5) is 14.5 Å². The number of rotatable bonds is 3. The minimum atomic E-state index is -2.92. The largest absolute Gasteiger partial charge is 0.433 e. The van der Waals surface area contributed by atoms with Crippen molar-refractivity contribution in [2.75, 3.05) is 4.90 Å². The second kappa shape index (κ2) is 6.02. The number of halogens is 2. The molecule has 2 aliphatic rings. The van der Waals surface area contributed by atoms with E-state index in [0.29, 0.717) is 5.69 Å². The molecule has 0 unspecified atom stereocenters. The van der Waals surface area contributed by atoms with E-state index in [1.54, 1.807) is 23.1 Å². The lowest BCUT2D eigenvalue weighted by Crippen LogP contribution is -2.58. The van der Waals surface area contributed by atoms with E-state index >= 15 is 0 Å². The third kappa shape index (κ3) is 2.93. The quantitative estimate of drug-likeness (QED) is 0.894. The summed E-state index contributed by atoms with van der Waals surface area (Å²) in [7, 11) is 0. The average molecular weight is 323 g/mol. The number of anilines is 1. The Hall–Kier alpha value is -2.38. The molecule has 0 radical (unpaired) electrons. The highest BCUT2D eigenvalue weighted by atomic mass is 19.3. The fourth-order valence-corrected chi connectivity index (χ4v) is 3.31. The number of nitrogens with zero attached hydrogens (tertiary/aromatic N) is 3. The Morgan fingerprint density at radius 3 is 2.52 bits per heavy atom. The number of guanidine groups is 2. The normalized spacial score (nSPS) is 20.4. The van der Waals surface area contributed by atoms with Gasteiger partial charge in [0.1, 0.15) is 11.4 Å². The molecule has 0 aromatic heterocycles. The first kappa shape index (κ1) is 15.5. The Morgan fingerprint density at radius 1 is 1.13 bits per heavy atom. The molecular weight excluding hydrogens is 304 g/mol. The molecule has 6 nitrogen and oxygen atoms in total. The first-order chi connectivity index (χ1) is 11.0. The number of benzene rings is 1. The average Bonchev–Trinajstić information content (AvgIpc) is 2.48. The Kier molecular flexibility index (Phi) is 4.06. The van der Waals surface area contributed by atoms with Crippen LogP contribution in [0.5, 0.6) is 5.75 Å². The molecule has 8 heteroatoms. The summed E-state index contributed by atoms with van der Waals surface area (Å²) in [4.78, 5) is 10.2. The lowest BCUT2D eigenvalue weighted by molar-refractivity contribution is -0.0495. The highest BCUT2D eigenvalue weighted by Gasteiger charge is 2.43. The van der Waals surface area contributed by atoms with E-state index in [2.05, 4.69) is 14.7 Å². The van der Waals surface area contributed by atoms with Gasteiger partial charge in [0.15, 0.2) is 0 Å². The van der Waals surface area contributed by atoms with Crippen molar-refractivity contribution < 1.29 is 13.5 Å². The van der Waals surface area contributed by atoms with Crippen molar-refractivity contribution in [2.45, 2.75) is 44.4 Å². The molecule has 0 saturated heterocycles. The van der Waals surface area contributed by atoms with E-state index in [1.807, 2.05) is 0 Å². The molecule has 1 spiro atoms. The maximum Gasteiger partial charge on any atom is 0.387 e. The Morgan fingerprint density at radius 2 is 1.83 bits per heavy atom. The van der Waals surface area contributed by atoms with Gasteiger partial charge in [-0.15, -0.1) is 0 Å². The third-order valence-electron chi connectivity index (χ3n) is 4.17. The van der Waals surface area contributed by atoms with E-state index in [0.717, 1.165) is 32.1 Å². The van der Waals surface area contributed by atoms with Gasteiger partial charge < -0.3 is 16.2 Å². The molecule has 1 heterocycles. The summed E-state index contributed by atoms with van der Waals surface area (Å²) in [5.41, 5.74) is 11.6. The second-order valence-corrected chi connectivity index (χ2v) is 5.66. The summed E-state index contributed by atoms with van der Waals surface area (Å²) in [6, 6.07) is 6.52. The van der Waals surface area contributed by atoms with Gasteiger partial charge in [-0.3, -0.25) is 4.90 Å². The number of hydrogen-bond acceptors (Lipinski definition) is 6. The van der Waals surface area contributed by atoms with E-state index < -0.39 is 12.3 Å². The number of aliphatic imine (C=N–C) groups is 2. The van der Waals surface area contributed by atoms with Crippen LogP contribution < -0.4 is 21.1 Å². The lowest BCUT2D eigenvalue weighted by atomic mass is 9.87. The molecule has 124 valence electrons. The van der Waals surface area contributed by atoms with E-state index in [1.165, 1.54) is 6.07 Å². The van der Waals surface area contributed by atoms with Gasteiger partial charge in [-0.05, 0) is 37.8 Å². The predicted octanol–water partition coefficient (Wildman–Crippen LogP) is 2.40. The van der Waals surface area contributed by atoms with E-state index in [-0.39, 0.29) is 17.7 Å². The number of ether oxygens (including phenoxy) is 1. The molecule has 1 aromatic carbocycles. The van der Waals surface area contributed by atoms with Gasteiger partial charge in [0.2, 0.25) is 11.9 Å². The van der Waals surface area contributed by atoms with Crippen LogP contribution in [0.1, 0.15) is 32.1 Å². The van der Waals surface area contributed by atoms with Crippen molar-refractivity contribution >= 4 is 17.6 Å². The molecule has 1 aliphatic heterocycles. The molecule has 1 aromatic rings. The van der Waals surface area contributed by atoms with Crippen molar-refractivity contribution in [2.24, 2.45) is 21.5 Å². The summed E-state index contributed by atoms with van der Waals surface area (Å²) in [6.45, 7) is -2.92. The van der Waals surface area contributed by atoms with E-state index in [4.69, 9.17) is 11.5 Å². The smallest absolute Gasteiger partial charge is 0.387 e. The second-order valence-electron chi connectivity index (χ2n) is 5.66. The summed E-state index contributed by atoms with van der Waals surface area (Å²) >= 11 is 0. The minimum absolute atomic E-state index is 0.0428. The Labute approximate surface area is 132 Å². The zero-order chi connectivity index (χ0) is 16.4.